The van der Waals surface area contributed by atoms with Gasteiger partial charge in [0.2, 0.25) is 0 Å². The number of ether oxygens (including phenoxy) is 1. The van der Waals surface area contributed by atoms with Crippen molar-refractivity contribution < 1.29 is 17.9 Å². The molecule has 0 aromatic heterocycles. The van der Waals surface area contributed by atoms with Gasteiger partial charge in [0.1, 0.15) is 5.75 Å². The first-order chi connectivity index (χ1) is 10.1. The summed E-state index contributed by atoms with van der Waals surface area (Å²) in [4.78, 5) is 0. The molecule has 0 unspecified atom stereocenters. The van der Waals surface area contributed by atoms with Crippen molar-refractivity contribution >= 4 is 18.1 Å². The molecule has 0 atom stereocenters. The average Bonchev–Trinajstić information content (AvgIpc) is 2.47. The van der Waals surface area contributed by atoms with Crippen molar-refractivity contribution in [2.24, 2.45) is 0 Å². The molecule has 2 rings (SSSR count). The highest BCUT2D eigenvalue weighted by Gasteiger charge is 2.29. The fourth-order valence-electron chi connectivity index (χ4n) is 1.79. The molecular weight excluding hydrogens is 315 g/mol. The second-order valence-electron chi connectivity index (χ2n) is 4.52. The van der Waals surface area contributed by atoms with Gasteiger partial charge in [-0.1, -0.05) is 18.2 Å². The number of rotatable bonds is 6. The minimum Gasteiger partial charge on any atom is -0.494 e. The molecule has 0 bridgehead atoms. The minimum absolute atomic E-state index is 0. The molecule has 0 amide bonds. The zero-order chi connectivity index (χ0) is 15.1. The highest BCUT2D eigenvalue weighted by atomic mass is 35.5. The zero-order valence-corrected chi connectivity index (χ0v) is 12.6. The first-order valence-corrected chi connectivity index (χ1v) is 6.65. The van der Waals surface area contributed by atoms with E-state index < -0.39 is 11.7 Å². The molecule has 0 fully saturated rings. The molecule has 0 heterocycles. The molecule has 1 N–H and O–H groups in total. The van der Waals surface area contributed by atoms with Gasteiger partial charge in [-0.2, -0.15) is 13.2 Å². The maximum atomic E-state index is 12.4. The van der Waals surface area contributed by atoms with E-state index in [4.69, 9.17) is 4.74 Å². The van der Waals surface area contributed by atoms with Crippen LogP contribution in [0.5, 0.6) is 5.75 Å². The summed E-state index contributed by atoms with van der Waals surface area (Å²) >= 11 is 0. The number of anilines is 1. The van der Waals surface area contributed by atoms with E-state index in [1.807, 2.05) is 30.3 Å². The summed E-state index contributed by atoms with van der Waals surface area (Å²) in [5.41, 5.74) is 0.368. The van der Waals surface area contributed by atoms with Crippen molar-refractivity contribution in [3.8, 4) is 5.75 Å². The summed E-state index contributed by atoms with van der Waals surface area (Å²) in [5.74, 6) is 0.447. The predicted molar refractivity (Wildman–Crippen MR) is 83.7 cm³/mol. The van der Waals surface area contributed by atoms with Crippen LogP contribution in [0, 0.1) is 0 Å². The molecule has 0 saturated carbocycles. The Morgan fingerprint density at radius 3 is 2.14 bits per heavy atom. The summed E-state index contributed by atoms with van der Waals surface area (Å²) in [6.45, 7) is 1.19. The van der Waals surface area contributed by atoms with E-state index in [-0.39, 0.29) is 12.4 Å². The smallest absolute Gasteiger partial charge is 0.416 e. The third-order valence-electron chi connectivity index (χ3n) is 2.87. The molecule has 0 radical (unpaired) electrons. The molecule has 2 nitrogen and oxygen atoms in total. The Morgan fingerprint density at radius 2 is 1.55 bits per heavy atom. The third kappa shape index (κ3) is 5.85. The molecule has 2 aromatic rings. The largest absolute Gasteiger partial charge is 0.494 e. The van der Waals surface area contributed by atoms with Gasteiger partial charge in [0.05, 0.1) is 12.2 Å². The fraction of sp³-hybridized carbons (Fsp3) is 0.250. The van der Waals surface area contributed by atoms with Crippen molar-refractivity contribution in [3.63, 3.8) is 0 Å². The van der Waals surface area contributed by atoms with Crippen LogP contribution in [-0.2, 0) is 6.18 Å². The third-order valence-corrected chi connectivity index (χ3v) is 2.87. The molecule has 0 aliphatic heterocycles. The number of hydrogen-bond acceptors (Lipinski definition) is 2. The summed E-state index contributed by atoms with van der Waals surface area (Å²) in [7, 11) is 0. The molecule has 2 aromatic carbocycles. The van der Waals surface area contributed by atoms with Crippen LogP contribution in [0.25, 0.3) is 0 Å². The van der Waals surface area contributed by atoms with Gasteiger partial charge >= 0.3 is 6.18 Å². The van der Waals surface area contributed by atoms with Crippen molar-refractivity contribution in [2.75, 3.05) is 18.5 Å². The van der Waals surface area contributed by atoms with Crippen LogP contribution in [0.4, 0.5) is 18.9 Å². The monoisotopic (exact) mass is 331 g/mol. The number of alkyl halides is 3. The molecule has 120 valence electrons. The minimum atomic E-state index is -4.31. The quantitative estimate of drug-likeness (QED) is 0.751. The zero-order valence-electron chi connectivity index (χ0n) is 11.8. The number of hydrogen-bond donors (Lipinski definition) is 1. The standard InChI is InChI=1S/C16H16F3NO.ClH/c17-16(18,19)13-7-9-15(10-8-13)21-12-4-11-20-14-5-2-1-3-6-14;/h1-3,5-10,20H,4,11-12H2;1H. The van der Waals surface area contributed by atoms with Gasteiger partial charge < -0.3 is 10.1 Å². The number of nitrogens with one attached hydrogen (secondary N) is 1. The van der Waals surface area contributed by atoms with Gasteiger partial charge in [0.15, 0.2) is 0 Å². The summed E-state index contributed by atoms with van der Waals surface area (Å²) in [5, 5.41) is 3.23. The maximum Gasteiger partial charge on any atom is 0.416 e. The Morgan fingerprint density at radius 1 is 0.909 bits per heavy atom. The number of benzene rings is 2. The SMILES string of the molecule is Cl.FC(F)(F)c1ccc(OCCCNc2ccccc2)cc1. The summed E-state index contributed by atoms with van der Waals surface area (Å²) in [6, 6.07) is 14.5. The lowest BCUT2D eigenvalue weighted by Gasteiger charge is -2.10. The Balaban J connectivity index is 0.00000242. The van der Waals surface area contributed by atoms with Gasteiger partial charge in [-0.25, -0.2) is 0 Å². The van der Waals surface area contributed by atoms with E-state index in [0.717, 1.165) is 30.8 Å². The number of para-hydroxylation sites is 1. The molecule has 0 aliphatic rings. The van der Waals surface area contributed by atoms with Gasteiger partial charge in [0.25, 0.3) is 0 Å². The lowest BCUT2D eigenvalue weighted by atomic mass is 10.2. The molecule has 0 saturated heterocycles. The van der Waals surface area contributed by atoms with Crippen molar-refractivity contribution in [2.45, 2.75) is 12.6 Å². The lowest BCUT2D eigenvalue weighted by Crippen LogP contribution is -2.08. The second-order valence-corrected chi connectivity index (χ2v) is 4.52. The van der Waals surface area contributed by atoms with Gasteiger partial charge in [-0.05, 0) is 42.8 Å². The molecule has 0 aliphatic carbocycles. The molecule has 6 heteroatoms. The van der Waals surface area contributed by atoms with E-state index in [9.17, 15) is 13.2 Å². The van der Waals surface area contributed by atoms with Crippen molar-refractivity contribution in [1.29, 1.82) is 0 Å². The highest BCUT2D eigenvalue weighted by Crippen LogP contribution is 2.30. The maximum absolute atomic E-state index is 12.4. The molecule has 0 spiro atoms. The second kappa shape index (κ2) is 8.54. The van der Waals surface area contributed by atoms with Crippen LogP contribution in [0.3, 0.4) is 0 Å². The van der Waals surface area contributed by atoms with Crippen molar-refractivity contribution in [3.05, 3.63) is 60.2 Å². The number of halogens is 4. The van der Waals surface area contributed by atoms with E-state index in [2.05, 4.69) is 5.32 Å². The first-order valence-electron chi connectivity index (χ1n) is 6.65. The Bertz CT molecular complexity index is 544. The Kier molecular flexibility index (Phi) is 7.05. The van der Waals surface area contributed by atoms with Gasteiger partial charge in [0, 0.05) is 12.2 Å². The Labute approximate surface area is 133 Å². The lowest BCUT2D eigenvalue weighted by molar-refractivity contribution is -0.137. The van der Waals surface area contributed by atoms with E-state index in [1.54, 1.807) is 0 Å². The average molecular weight is 332 g/mol. The van der Waals surface area contributed by atoms with E-state index >= 15 is 0 Å². The van der Waals surface area contributed by atoms with Gasteiger partial charge in [-0.15, -0.1) is 12.4 Å². The van der Waals surface area contributed by atoms with Crippen LogP contribution in [-0.4, -0.2) is 13.2 Å². The summed E-state index contributed by atoms with van der Waals surface area (Å²) in [6.07, 6.45) is -3.55. The van der Waals surface area contributed by atoms with Crippen molar-refractivity contribution in [1.82, 2.24) is 0 Å². The van der Waals surface area contributed by atoms with Crippen LogP contribution in [0.15, 0.2) is 54.6 Å². The molecular formula is C16H17ClF3NO. The summed E-state index contributed by atoms with van der Waals surface area (Å²) < 4.78 is 42.6. The van der Waals surface area contributed by atoms with Crippen LogP contribution in [0.2, 0.25) is 0 Å². The first kappa shape index (κ1) is 18.2. The topological polar surface area (TPSA) is 21.3 Å². The molecule has 22 heavy (non-hydrogen) atoms. The van der Waals surface area contributed by atoms with E-state index in [0.29, 0.717) is 12.4 Å². The normalized spacial score (nSPS) is 10.7. The highest BCUT2D eigenvalue weighted by molar-refractivity contribution is 5.85. The van der Waals surface area contributed by atoms with Crippen LogP contribution >= 0.6 is 12.4 Å². The van der Waals surface area contributed by atoms with Crippen LogP contribution < -0.4 is 10.1 Å². The predicted octanol–water partition coefficient (Wildman–Crippen LogP) is 5.01. The Hall–Kier alpha value is -1.88. The van der Waals surface area contributed by atoms with Gasteiger partial charge in [-0.3, -0.25) is 0 Å². The van der Waals surface area contributed by atoms with E-state index in [1.165, 1.54) is 12.1 Å². The van der Waals surface area contributed by atoms with Crippen LogP contribution in [0.1, 0.15) is 12.0 Å². The fourth-order valence-corrected chi connectivity index (χ4v) is 1.79.